The van der Waals surface area contributed by atoms with Gasteiger partial charge in [0.25, 0.3) is 0 Å². The highest BCUT2D eigenvalue weighted by Crippen LogP contribution is 2.20. The lowest BCUT2D eigenvalue weighted by Gasteiger charge is -2.28. The number of nitrogens with one attached hydrogen (secondary N) is 2. The summed E-state index contributed by atoms with van der Waals surface area (Å²) in [5, 5.41) is 7.54. The zero-order valence-electron chi connectivity index (χ0n) is 13.2. The maximum absolute atomic E-state index is 4.18. The van der Waals surface area contributed by atoms with Crippen molar-refractivity contribution in [2.45, 2.75) is 12.0 Å². The predicted octanol–water partition coefficient (Wildman–Crippen LogP) is 3.43. The Balaban J connectivity index is 0.000000162. The maximum Gasteiger partial charge on any atom is 0.0701 e. The van der Waals surface area contributed by atoms with E-state index in [1.165, 1.54) is 11.1 Å². The minimum absolute atomic E-state index is 0.0413. The van der Waals surface area contributed by atoms with Crippen LogP contribution in [0.25, 0.3) is 10.9 Å². The summed E-state index contributed by atoms with van der Waals surface area (Å²) in [6.07, 6.45) is 11.1. The largest absolute Gasteiger partial charge is 0.388 e. The summed E-state index contributed by atoms with van der Waals surface area (Å²) in [4.78, 5) is 4.18. The fraction of sp³-hybridized carbons (Fsp3) is 0.211. The number of fused-ring (bicyclic) bond motifs is 1. The highest BCUT2D eigenvalue weighted by Gasteiger charge is 2.21. The van der Waals surface area contributed by atoms with Crippen molar-refractivity contribution in [2.24, 2.45) is 0 Å². The first-order chi connectivity index (χ1) is 10.7. The monoisotopic (exact) mass is 293 g/mol. The Morgan fingerprint density at radius 1 is 1.18 bits per heavy atom. The van der Waals surface area contributed by atoms with Crippen molar-refractivity contribution in [1.29, 1.82) is 0 Å². The van der Waals surface area contributed by atoms with Gasteiger partial charge in [0.15, 0.2) is 0 Å². The number of hydrogen-bond donors (Lipinski definition) is 2. The van der Waals surface area contributed by atoms with Crippen molar-refractivity contribution >= 4 is 10.9 Å². The van der Waals surface area contributed by atoms with Crippen molar-refractivity contribution in [3.05, 3.63) is 79.2 Å². The molecule has 0 radical (unpaired) electrons. The number of benzene rings is 1. The maximum atomic E-state index is 4.18. The molecule has 0 saturated carbocycles. The number of nitrogens with zero attached hydrogens (tertiary/aromatic N) is 1. The van der Waals surface area contributed by atoms with E-state index in [1.807, 2.05) is 50.6 Å². The number of allylic oxidation sites excluding steroid dienone is 1. The van der Waals surface area contributed by atoms with E-state index in [4.69, 9.17) is 0 Å². The SMILES string of the molecule is C=CC1(NC)C=CC(NC)=CC1.c1ccc2ncccc2c1. The van der Waals surface area contributed by atoms with Gasteiger partial charge in [-0.05, 0) is 31.7 Å². The molecule has 2 aromatic rings. The van der Waals surface area contributed by atoms with Gasteiger partial charge in [0.1, 0.15) is 0 Å². The molecule has 1 aromatic heterocycles. The third-order valence-electron chi connectivity index (χ3n) is 3.85. The van der Waals surface area contributed by atoms with Gasteiger partial charge < -0.3 is 10.6 Å². The summed E-state index contributed by atoms with van der Waals surface area (Å²) in [5.74, 6) is 0. The second-order valence-electron chi connectivity index (χ2n) is 5.14. The number of aromatic nitrogens is 1. The number of rotatable bonds is 3. The van der Waals surface area contributed by atoms with Crippen LogP contribution in [0.3, 0.4) is 0 Å². The van der Waals surface area contributed by atoms with Crippen LogP contribution in [-0.4, -0.2) is 24.6 Å². The van der Waals surface area contributed by atoms with Gasteiger partial charge in [0.05, 0.1) is 11.1 Å². The van der Waals surface area contributed by atoms with Crippen LogP contribution in [0.5, 0.6) is 0 Å². The van der Waals surface area contributed by atoms with Gasteiger partial charge in [0, 0.05) is 24.3 Å². The quantitative estimate of drug-likeness (QED) is 0.851. The number of pyridine rings is 1. The zero-order chi connectivity index (χ0) is 15.8. The Labute approximate surface area is 132 Å². The van der Waals surface area contributed by atoms with E-state index < -0.39 is 0 Å². The molecule has 1 atom stereocenters. The number of para-hydroxylation sites is 1. The van der Waals surface area contributed by atoms with Crippen molar-refractivity contribution in [3.63, 3.8) is 0 Å². The molecular weight excluding hydrogens is 270 g/mol. The van der Waals surface area contributed by atoms with E-state index >= 15 is 0 Å². The molecule has 1 unspecified atom stereocenters. The molecule has 114 valence electrons. The lowest BCUT2D eigenvalue weighted by molar-refractivity contribution is 0.535. The molecule has 22 heavy (non-hydrogen) atoms. The van der Waals surface area contributed by atoms with Crippen LogP contribution in [0.4, 0.5) is 0 Å². The van der Waals surface area contributed by atoms with Gasteiger partial charge in [-0.3, -0.25) is 4.98 Å². The highest BCUT2D eigenvalue weighted by molar-refractivity contribution is 5.77. The molecule has 0 aliphatic heterocycles. The average Bonchev–Trinajstić information content (AvgIpc) is 2.62. The molecule has 1 aliphatic carbocycles. The normalized spacial score (nSPS) is 19.8. The van der Waals surface area contributed by atoms with Crippen LogP contribution >= 0.6 is 0 Å². The molecule has 1 heterocycles. The Bertz CT molecular complexity index is 622. The summed E-state index contributed by atoms with van der Waals surface area (Å²) < 4.78 is 0. The van der Waals surface area contributed by atoms with Crippen molar-refractivity contribution in [3.8, 4) is 0 Å². The van der Waals surface area contributed by atoms with Gasteiger partial charge in [-0.25, -0.2) is 0 Å². The third kappa shape index (κ3) is 3.83. The summed E-state index contributed by atoms with van der Waals surface area (Å²) in [5.41, 5.74) is 2.19. The van der Waals surface area contributed by atoms with E-state index in [0.29, 0.717) is 0 Å². The Kier molecular flexibility index (Phi) is 5.50. The van der Waals surface area contributed by atoms with Crippen molar-refractivity contribution in [1.82, 2.24) is 15.6 Å². The van der Waals surface area contributed by atoms with Crippen LogP contribution < -0.4 is 10.6 Å². The summed E-state index contributed by atoms with van der Waals surface area (Å²) in [6, 6.07) is 12.1. The Morgan fingerprint density at radius 2 is 1.95 bits per heavy atom. The summed E-state index contributed by atoms with van der Waals surface area (Å²) in [6.45, 7) is 3.81. The molecular formula is C19H23N3. The molecule has 0 spiro atoms. The van der Waals surface area contributed by atoms with Gasteiger partial charge in [-0.15, -0.1) is 6.58 Å². The second kappa shape index (κ2) is 7.57. The fourth-order valence-corrected chi connectivity index (χ4v) is 2.29. The minimum Gasteiger partial charge on any atom is -0.388 e. The third-order valence-corrected chi connectivity index (χ3v) is 3.85. The molecule has 1 aliphatic rings. The molecule has 0 saturated heterocycles. The highest BCUT2D eigenvalue weighted by atomic mass is 14.9. The van der Waals surface area contributed by atoms with Crippen molar-refractivity contribution < 1.29 is 0 Å². The molecule has 3 nitrogen and oxygen atoms in total. The van der Waals surface area contributed by atoms with Crippen LogP contribution in [0.2, 0.25) is 0 Å². The van der Waals surface area contributed by atoms with Crippen LogP contribution in [0.1, 0.15) is 6.42 Å². The van der Waals surface area contributed by atoms with Crippen LogP contribution in [0, 0.1) is 0 Å². The minimum atomic E-state index is -0.0413. The lowest BCUT2D eigenvalue weighted by Crippen LogP contribution is -2.39. The number of hydrogen-bond acceptors (Lipinski definition) is 3. The van der Waals surface area contributed by atoms with E-state index in [-0.39, 0.29) is 5.54 Å². The first kappa shape index (κ1) is 16.0. The standard InChI is InChI=1S/C10H16N2.C9H7N/c1-4-10(12-3)7-5-9(11-2)6-8-10;1-2-6-9-8(4-1)5-3-7-10-9/h4-7,11-12H,1,8H2,2-3H3;1-7H. The van der Waals surface area contributed by atoms with Crippen LogP contribution in [0.15, 0.2) is 79.2 Å². The smallest absolute Gasteiger partial charge is 0.0701 e. The van der Waals surface area contributed by atoms with Gasteiger partial charge in [0.2, 0.25) is 0 Å². The van der Waals surface area contributed by atoms with Crippen LogP contribution in [-0.2, 0) is 0 Å². The Morgan fingerprint density at radius 3 is 2.55 bits per heavy atom. The molecule has 2 N–H and O–H groups in total. The van der Waals surface area contributed by atoms with E-state index in [1.54, 1.807) is 0 Å². The van der Waals surface area contributed by atoms with Gasteiger partial charge in [-0.1, -0.05) is 42.5 Å². The summed E-state index contributed by atoms with van der Waals surface area (Å²) >= 11 is 0. The molecule has 0 bridgehead atoms. The fourth-order valence-electron chi connectivity index (χ4n) is 2.29. The molecule has 3 heteroatoms. The molecule has 0 amide bonds. The summed E-state index contributed by atoms with van der Waals surface area (Å²) in [7, 11) is 3.88. The number of likely N-dealkylation sites (N-methyl/N-ethyl adjacent to an activating group) is 2. The molecule has 1 aromatic carbocycles. The zero-order valence-corrected chi connectivity index (χ0v) is 13.2. The second-order valence-corrected chi connectivity index (χ2v) is 5.14. The van der Waals surface area contributed by atoms with E-state index in [2.05, 4.69) is 52.6 Å². The van der Waals surface area contributed by atoms with E-state index in [0.717, 1.165) is 11.9 Å². The lowest BCUT2D eigenvalue weighted by atomic mass is 9.91. The van der Waals surface area contributed by atoms with Gasteiger partial charge in [-0.2, -0.15) is 0 Å². The van der Waals surface area contributed by atoms with Crippen molar-refractivity contribution in [2.75, 3.05) is 14.1 Å². The topological polar surface area (TPSA) is 37.0 Å². The predicted molar refractivity (Wildman–Crippen MR) is 94.6 cm³/mol. The first-order valence-electron chi connectivity index (χ1n) is 7.42. The van der Waals surface area contributed by atoms with E-state index in [9.17, 15) is 0 Å². The average molecular weight is 293 g/mol. The Hall–Kier alpha value is -2.39. The molecule has 0 fully saturated rings. The first-order valence-corrected chi connectivity index (χ1v) is 7.42. The molecule has 3 rings (SSSR count). The van der Waals surface area contributed by atoms with Gasteiger partial charge >= 0.3 is 0 Å².